The van der Waals surface area contributed by atoms with Crippen LogP contribution in [0.15, 0.2) is 66.7 Å². The first-order valence-electron chi connectivity index (χ1n) is 9.82. The summed E-state index contributed by atoms with van der Waals surface area (Å²) in [5.74, 6) is -0.156. The van der Waals surface area contributed by atoms with E-state index in [0.29, 0.717) is 17.1 Å². The highest BCUT2D eigenvalue weighted by atomic mass is 35.5. The van der Waals surface area contributed by atoms with Crippen LogP contribution >= 0.6 is 11.6 Å². The fourth-order valence-corrected chi connectivity index (χ4v) is 5.49. The van der Waals surface area contributed by atoms with Gasteiger partial charge in [0.2, 0.25) is 0 Å². The Labute approximate surface area is 181 Å². The van der Waals surface area contributed by atoms with E-state index in [1.807, 2.05) is 60.7 Å². The summed E-state index contributed by atoms with van der Waals surface area (Å²) in [6, 6.07) is 21.4. The highest BCUT2D eigenvalue weighted by Gasteiger charge is 2.25. The lowest BCUT2D eigenvalue weighted by Crippen LogP contribution is -2.43. The summed E-state index contributed by atoms with van der Waals surface area (Å²) in [7, 11) is -1.73. The zero-order valence-electron chi connectivity index (χ0n) is 17.2. The van der Waals surface area contributed by atoms with Crippen LogP contribution in [0.4, 0.5) is 0 Å². The van der Waals surface area contributed by atoms with Crippen molar-refractivity contribution in [2.45, 2.75) is 26.2 Å². The number of carbonyl (C=O) groups excluding carboxylic acids is 1. The Morgan fingerprint density at radius 3 is 2.53 bits per heavy atom. The van der Waals surface area contributed by atoms with Crippen molar-refractivity contribution in [3.8, 4) is 5.69 Å². The zero-order valence-corrected chi connectivity index (χ0v) is 18.9. The lowest BCUT2D eigenvalue weighted by atomic mass is 10.1. The molecule has 1 N–H and O–H groups in total. The Bertz CT molecular complexity index is 1230. The third kappa shape index (κ3) is 3.88. The number of nitrogens with zero attached hydrogens (tertiary/aromatic N) is 3. The minimum absolute atomic E-state index is 0.156. The van der Waals surface area contributed by atoms with Crippen molar-refractivity contribution in [2.24, 2.45) is 0 Å². The number of amides is 1. The Morgan fingerprint density at radius 1 is 1.00 bits per heavy atom. The second kappa shape index (κ2) is 8.05. The maximum atomic E-state index is 13.1. The molecule has 1 amide bonds. The molecule has 0 bridgehead atoms. The number of halogens is 1. The average Bonchev–Trinajstić information content (AvgIpc) is 3.15. The SMILES string of the molecule is C[Si](C)(C)c1cccc(Cl)c1C(=O)NCc1ccccc1-n1nnc2ccccc21. The molecule has 0 aliphatic rings. The minimum Gasteiger partial charge on any atom is -0.348 e. The van der Waals surface area contributed by atoms with Gasteiger partial charge in [0.1, 0.15) is 5.52 Å². The molecule has 0 atom stereocenters. The van der Waals surface area contributed by atoms with Crippen LogP contribution in [-0.2, 0) is 6.54 Å². The summed E-state index contributed by atoms with van der Waals surface area (Å²) < 4.78 is 1.81. The summed E-state index contributed by atoms with van der Waals surface area (Å²) in [5, 5.41) is 13.2. The van der Waals surface area contributed by atoms with Crippen LogP contribution in [0.25, 0.3) is 16.7 Å². The first kappa shape index (κ1) is 20.3. The molecule has 3 aromatic carbocycles. The second-order valence-electron chi connectivity index (χ2n) is 8.21. The minimum atomic E-state index is -1.73. The lowest BCUT2D eigenvalue weighted by molar-refractivity contribution is 0.0952. The van der Waals surface area contributed by atoms with Gasteiger partial charge in [0.25, 0.3) is 5.91 Å². The number of para-hydroxylation sites is 2. The van der Waals surface area contributed by atoms with Crippen LogP contribution in [0, 0.1) is 0 Å². The van der Waals surface area contributed by atoms with Crippen molar-refractivity contribution in [1.29, 1.82) is 0 Å². The van der Waals surface area contributed by atoms with E-state index in [-0.39, 0.29) is 5.91 Å². The number of rotatable bonds is 5. The van der Waals surface area contributed by atoms with Crippen LogP contribution in [0.1, 0.15) is 15.9 Å². The summed E-state index contributed by atoms with van der Waals surface area (Å²) >= 11 is 6.43. The summed E-state index contributed by atoms with van der Waals surface area (Å²) in [6.45, 7) is 6.99. The highest BCUT2D eigenvalue weighted by Crippen LogP contribution is 2.21. The molecule has 0 fully saturated rings. The Balaban J connectivity index is 1.65. The van der Waals surface area contributed by atoms with Gasteiger partial charge in [-0.25, -0.2) is 4.68 Å². The van der Waals surface area contributed by atoms with E-state index in [4.69, 9.17) is 11.6 Å². The van der Waals surface area contributed by atoms with Gasteiger partial charge >= 0.3 is 0 Å². The molecule has 0 spiro atoms. The van der Waals surface area contributed by atoms with E-state index in [1.54, 1.807) is 10.7 Å². The maximum absolute atomic E-state index is 13.1. The average molecular weight is 435 g/mol. The van der Waals surface area contributed by atoms with E-state index in [2.05, 4.69) is 35.3 Å². The number of hydrogen-bond donors (Lipinski definition) is 1. The summed E-state index contributed by atoms with van der Waals surface area (Å²) in [5.41, 5.74) is 4.16. The third-order valence-electron chi connectivity index (χ3n) is 5.06. The first-order chi connectivity index (χ1) is 14.4. The van der Waals surface area contributed by atoms with E-state index >= 15 is 0 Å². The molecule has 1 aromatic heterocycles. The number of fused-ring (bicyclic) bond motifs is 1. The molecular weight excluding hydrogens is 412 g/mol. The van der Waals surface area contributed by atoms with Gasteiger partial charge in [-0.15, -0.1) is 5.10 Å². The van der Waals surface area contributed by atoms with Crippen LogP contribution in [-0.4, -0.2) is 29.0 Å². The molecule has 4 aromatic rings. The number of hydrogen-bond acceptors (Lipinski definition) is 3. The normalized spacial score (nSPS) is 11.6. The maximum Gasteiger partial charge on any atom is 0.252 e. The van der Waals surface area contributed by atoms with Crippen LogP contribution < -0.4 is 10.5 Å². The van der Waals surface area contributed by atoms with Gasteiger partial charge in [0.15, 0.2) is 0 Å². The Kier molecular flexibility index (Phi) is 5.45. The van der Waals surface area contributed by atoms with Gasteiger partial charge in [-0.1, -0.05) is 78.9 Å². The van der Waals surface area contributed by atoms with E-state index in [9.17, 15) is 4.79 Å². The molecule has 0 saturated heterocycles. The fraction of sp³-hybridized carbons (Fsp3) is 0.174. The summed E-state index contributed by atoms with van der Waals surface area (Å²) in [6.07, 6.45) is 0. The monoisotopic (exact) mass is 434 g/mol. The number of carbonyl (C=O) groups is 1. The van der Waals surface area contributed by atoms with Gasteiger partial charge in [-0.05, 0) is 35.0 Å². The molecular formula is C23H23ClN4OSi. The molecule has 0 unspecified atom stereocenters. The Morgan fingerprint density at radius 2 is 1.73 bits per heavy atom. The predicted molar refractivity (Wildman–Crippen MR) is 124 cm³/mol. The fourth-order valence-electron chi connectivity index (χ4n) is 3.56. The third-order valence-corrected chi connectivity index (χ3v) is 7.41. The van der Waals surface area contributed by atoms with Gasteiger partial charge in [0.05, 0.1) is 29.9 Å². The topological polar surface area (TPSA) is 59.8 Å². The van der Waals surface area contributed by atoms with E-state index in [1.165, 1.54) is 0 Å². The van der Waals surface area contributed by atoms with Crippen molar-refractivity contribution in [3.05, 3.63) is 82.9 Å². The predicted octanol–water partition coefficient (Wildman–Crippen LogP) is 4.55. The molecule has 0 aliphatic carbocycles. The van der Waals surface area contributed by atoms with Gasteiger partial charge in [-0.3, -0.25) is 4.79 Å². The number of benzene rings is 3. The van der Waals surface area contributed by atoms with Crippen LogP contribution in [0.3, 0.4) is 0 Å². The lowest BCUT2D eigenvalue weighted by Gasteiger charge is -2.21. The standard InChI is InChI=1S/C23H23ClN4OSi/c1-30(2,3)21-14-8-10-17(24)22(21)23(29)25-15-16-9-4-6-12-19(16)28-20-13-7-5-11-18(20)26-27-28/h4-14H,15H2,1-3H3,(H,25,29). The number of aromatic nitrogens is 3. The smallest absolute Gasteiger partial charge is 0.252 e. The Hall–Kier alpha value is -2.96. The van der Waals surface area contributed by atoms with Crippen LogP contribution in [0.5, 0.6) is 0 Å². The second-order valence-corrected chi connectivity index (χ2v) is 13.7. The molecule has 1 heterocycles. The molecule has 152 valence electrons. The number of nitrogens with one attached hydrogen (secondary N) is 1. The molecule has 0 radical (unpaired) electrons. The van der Waals surface area contributed by atoms with Gasteiger partial charge in [-0.2, -0.15) is 0 Å². The van der Waals surface area contributed by atoms with E-state index < -0.39 is 8.07 Å². The van der Waals surface area contributed by atoms with Gasteiger partial charge < -0.3 is 5.32 Å². The largest absolute Gasteiger partial charge is 0.348 e. The molecule has 0 saturated carbocycles. The van der Waals surface area contributed by atoms with E-state index in [0.717, 1.165) is 27.5 Å². The van der Waals surface area contributed by atoms with Crippen molar-refractivity contribution in [3.63, 3.8) is 0 Å². The molecule has 5 nitrogen and oxygen atoms in total. The zero-order chi connectivity index (χ0) is 21.3. The van der Waals surface area contributed by atoms with Crippen molar-refractivity contribution >= 4 is 41.8 Å². The van der Waals surface area contributed by atoms with Crippen molar-refractivity contribution in [2.75, 3.05) is 0 Å². The molecule has 7 heteroatoms. The van der Waals surface area contributed by atoms with Crippen LogP contribution in [0.2, 0.25) is 24.7 Å². The van der Waals surface area contributed by atoms with Crippen molar-refractivity contribution < 1.29 is 4.79 Å². The molecule has 30 heavy (non-hydrogen) atoms. The highest BCUT2D eigenvalue weighted by molar-refractivity contribution is 6.89. The molecule has 4 rings (SSSR count). The summed E-state index contributed by atoms with van der Waals surface area (Å²) in [4.78, 5) is 13.1. The van der Waals surface area contributed by atoms with Gasteiger partial charge in [0, 0.05) is 6.54 Å². The first-order valence-corrected chi connectivity index (χ1v) is 13.7. The quantitative estimate of drug-likeness (QED) is 0.469. The van der Waals surface area contributed by atoms with Crippen molar-refractivity contribution in [1.82, 2.24) is 20.3 Å². The molecule has 0 aliphatic heterocycles.